The minimum absolute atomic E-state index is 0.621. The molecule has 0 aliphatic carbocycles. The first-order valence-corrected chi connectivity index (χ1v) is 4.67. The Hall–Kier alpha value is -1.82. The van der Waals surface area contributed by atoms with Crippen molar-refractivity contribution < 1.29 is 0 Å². The van der Waals surface area contributed by atoms with Gasteiger partial charge in [0.1, 0.15) is 0 Å². The van der Waals surface area contributed by atoms with Crippen molar-refractivity contribution >= 4 is 0 Å². The summed E-state index contributed by atoms with van der Waals surface area (Å²) < 4.78 is 0. The summed E-state index contributed by atoms with van der Waals surface area (Å²) >= 11 is 0. The van der Waals surface area contributed by atoms with Gasteiger partial charge in [-0.1, -0.05) is 0 Å². The molecule has 2 aromatic rings. The molecule has 2 rings (SSSR count). The molecule has 6 nitrogen and oxygen atoms in total. The molecule has 0 aromatic carbocycles. The molecule has 0 amide bonds. The number of aryl methyl sites for hydroxylation is 1. The van der Waals surface area contributed by atoms with Crippen molar-refractivity contribution in [2.24, 2.45) is 7.05 Å². The molecule has 0 spiro atoms. The molecule has 78 valence electrons. The van der Waals surface area contributed by atoms with Gasteiger partial charge in [-0.2, -0.15) is 4.80 Å². The smallest absolute Gasteiger partial charge is 0.188 e. The van der Waals surface area contributed by atoms with Crippen molar-refractivity contribution in [3.63, 3.8) is 0 Å². The average Bonchev–Trinajstić information content (AvgIpc) is 2.66. The van der Waals surface area contributed by atoms with Crippen molar-refractivity contribution in [1.82, 2.24) is 30.5 Å². The van der Waals surface area contributed by atoms with Crippen LogP contribution in [0.2, 0.25) is 0 Å². The summed E-state index contributed by atoms with van der Waals surface area (Å²) in [5.74, 6) is 0.701. The summed E-state index contributed by atoms with van der Waals surface area (Å²) in [6.45, 7) is 1.40. The third-order valence-electron chi connectivity index (χ3n) is 1.91. The van der Waals surface area contributed by atoms with E-state index < -0.39 is 0 Å². The topological polar surface area (TPSA) is 68.5 Å². The van der Waals surface area contributed by atoms with Crippen LogP contribution >= 0.6 is 0 Å². The van der Waals surface area contributed by atoms with Crippen LogP contribution in [0, 0.1) is 0 Å². The van der Waals surface area contributed by atoms with Crippen LogP contribution in [-0.4, -0.2) is 25.2 Å². The maximum absolute atomic E-state index is 4.06. The second-order valence-corrected chi connectivity index (χ2v) is 3.15. The molecule has 2 heterocycles. The molecule has 0 unspecified atom stereocenters. The van der Waals surface area contributed by atoms with E-state index in [1.807, 2.05) is 12.1 Å². The summed E-state index contributed by atoms with van der Waals surface area (Å²) in [6.07, 6.45) is 3.55. The third kappa shape index (κ3) is 2.81. The van der Waals surface area contributed by atoms with Crippen molar-refractivity contribution in [1.29, 1.82) is 0 Å². The van der Waals surface area contributed by atoms with E-state index in [-0.39, 0.29) is 0 Å². The highest BCUT2D eigenvalue weighted by Crippen LogP contribution is 1.95. The number of aromatic nitrogens is 5. The summed E-state index contributed by atoms with van der Waals surface area (Å²) in [5.41, 5.74) is 1.19. The van der Waals surface area contributed by atoms with Gasteiger partial charge in [0, 0.05) is 18.9 Å². The first kappa shape index (κ1) is 9.72. The molecule has 0 aliphatic heterocycles. The summed E-state index contributed by atoms with van der Waals surface area (Å²) in [5, 5.41) is 14.9. The van der Waals surface area contributed by atoms with Crippen LogP contribution in [0.15, 0.2) is 24.5 Å². The lowest BCUT2D eigenvalue weighted by atomic mass is 10.3. The standard InChI is InChI=1S/C9H12N6/c1-15-13-9(12-14-15)7-11-6-8-2-4-10-5-3-8/h2-5,11H,6-7H2,1H3. The molecule has 0 aliphatic rings. The number of nitrogens with zero attached hydrogens (tertiary/aromatic N) is 5. The lowest BCUT2D eigenvalue weighted by Crippen LogP contribution is -2.13. The van der Waals surface area contributed by atoms with Gasteiger partial charge in [0.15, 0.2) is 5.82 Å². The molecule has 0 bridgehead atoms. The van der Waals surface area contributed by atoms with Gasteiger partial charge in [0.05, 0.1) is 13.6 Å². The first-order chi connectivity index (χ1) is 7.34. The zero-order chi connectivity index (χ0) is 10.5. The Morgan fingerprint density at radius 3 is 2.73 bits per heavy atom. The fraction of sp³-hybridized carbons (Fsp3) is 0.333. The zero-order valence-corrected chi connectivity index (χ0v) is 8.46. The normalized spacial score (nSPS) is 10.5. The highest BCUT2D eigenvalue weighted by Gasteiger charge is 1.98. The maximum Gasteiger partial charge on any atom is 0.188 e. The average molecular weight is 204 g/mol. The second kappa shape index (κ2) is 4.61. The van der Waals surface area contributed by atoms with E-state index in [2.05, 4.69) is 25.7 Å². The van der Waals surface area contributed by atoms with Crippen molar-refractivity contribution in [2.75, 3.05) is 0 Å². The molecule has 0 atom stereocenters. The molecule has 0 radical (unpaired) electrons. The largest absolute Gasteiger partial charge is 0.306 e. The predicted octanol–water partition coefficient (Wildman–Crippen LogP) is -0.105. The Morgan fingerprint density at radius 1 is 1.27 bits per heavy atom. The Balaban J connectivity index is 1.80. The molecule has 0 saturated heterocycles. The van der Waals surface area contributed by atoms with Crippen molar-refractivity contribution in [3.8, 4) is 0 Å². The van der Waals surface area contributed by atoms with E-state index >= 15 is 0 Å². The molecule has 0 saturated carbocycles. The molecular formula is C9H12N6. The second-order valence-electron chi connectivity index (χ2n) is 3.15. The van der Waals surface area contributed by atoms with E-state index in [4.69, 9.17) is 0 Å². The lowest BCUT2D eigenvalue weighted by Gasteiger charge is -2.00. The monoisotopic (exact) mass is 204 g/mol. The van der Waals surface area contributed by atoms with Gasteiger partial charge in [-0.15, -0.1) is 10.2 Å². The number of hydrogen-bond donors (Lipinski definition) is 1. The van der Waals surface area contributed by atoms with Gasteiger partial charge in [-0.3, -0.25) is 4.98 Å². The summed E-state index contributed by atoms with van der Waals surface area (Å²) in [7, 11) is 1.75. The molecule has 0 fully saturated rings. The van der Waals surface area contributed by atoms with Gasteiger partial charge >= 0.3 is 0 Å². The molecule has 15 heavy (non-hydrogen) atoms. The van der Waals surface area contributed by atoms with Crippen LogP contribution < -0.4 is 5.32 Å². The van der Waals surface area contributed by atoms with Crippen LogP contribution in [0.3, 0.4) is 0 Å². The summed E-state index contributed by atoms with van der Waals surface area (Å²) in [4.78, 5) is 5.40. The van der Waals surface area contributed by atoms with Crippen LogP contribution in [0.4, 0.5) is 0 Å². The Labute approximate surface area is 87.3 Å². The Bertz CT molecular complexity index is 410. The lowest BCUT2D eigenvalue weighted by molar-refractivity contribution is 0.619. The van der Waals surface area contributed by atoms with Crippen LogP contribution in [0.25, 0.3) is 0 Å². The molecule has 6 heteroatoms. The predicted molar refractivity (Wildman–Crippen MR) is 53.6 cm³/mol. The van der Waals surface area contributed by atoms with E-state index in [9.17, 15) is 0 Å². The van der Waals surface area contributed by atoms with Crippen molar-refractivity contribution in [3.05, 3.63) is 35.9 Å². The number of nitrogens with one attached hydrogen (secondary N) is 1. The quantitative estimate of drug-likeness (QED) is 0.753. The first-order valence-electron chi connectivity index (χ1n) is 4.67. The van der Waals surface area contributed by atoms with Crippen LogP contribution in [-0.2, 0) is 20.1 Å². The fourth-order valence-corrected chi connectivity index (χ4v) is 1.21. The van der Waals surface area contributed by atoms with Crippen LogP contribution in [0.5, 0.6) is 0 Å². The number of rotatable bonds is 4. The van der Waals surface area contributed by atoms with E-state index in [1.165, 1.54) is 10.4 Å². The SMILES string of the molecule is Cn1nnc(CNCc2ccncc2)n1. The Morgan fingerprint density at radius 2 is 2.07 bits per heavy atom. The van der Waals surface area contributed by atoms with Crippen LogP contribution in [0.1, 0.15) is 11.4 Å². The highest BCUT2D eigenvalue weighted by molar-refractivity contribution is 5.08. The fourth-order valence-electron chi connectivity index (χ4n) is 1.21. The van der Waals surface area contributed by atoms with Gasteiger partial charge in [-0.25, -0.2) is 0 Å². The maximum atomic E-state index is 4.06. The number of hydrogen-bond acceptors (Lipinski definition) is 5. The van der Waals surface area contributed by atoms with Crippen molar-refractivity contribution in [2.45, 2.75) is 13.1 Å². The number of pyridine rings is 1. The summed E-state index contributed by atoms with van der Waals surface area (Å²) in [6, 6.07) is 3.94. The van der Waals surface area contributed by atoms with Gasteiger partial charge in [0.2, 0.25) is 0 Å². The van der Waals surface area contributed by atoms with Gasteiger partial charge in [-0.05, 0) is 22.9 Å². The molecule has 1 N–H and O–H groups in total. The third-order valence-corrected chi connectivity index (χ3v) is 1.91. The minimum atomic E-state index is 0.621. The zero-order valence-electron chi connectivity index (χ0n) is 8.46. The van der Waals surface area contributed by atoms with E-state index in [1.54, 1.807) is 19.4 Å². The van der Waals surface area contributed by atoms with Gasteiger partial charge < -0.3 is 5.32 Å². The molecule has 2 aromatic heterocycles. The Kier molecular flexibility index (Phi) is 2.99. The van der Waals surface area contributed by atoms with Gasteiger partial charge in [0.25, 0.3) is 0 Å². The minimum Gasteiger partial charge on any atom is -0.306 e. The number of tetrazole rings is 1. The highest BCUT2D eigenvalue weighted by atomic mass is 15.6. The molecular weight excluding hydrogens is 192 g/mol. The van der Waals surface area contributed by atoms with E-state index in [0.717, 1.165) is 6.54 Å². The van der Waals surface area contributed by atoms with E-state index in [0.29, 0.717) is 12.4 Å².